The lowest BCUT2D eigenvalue weighted by Crippen LogP contribution is -2.17. The fourth-order valence-electron chi connectivity index (χ4n) is 2.52. The van der Waals surface area contributed by atoms with Crippen LogP contribution < -0.4 is 14.9 Å². The van der Waals surface area contributed by atoms with Crippen LogP contribution in [-0.4, -0.2) is 25.2 Å². The van der Waals surface area contributed by atoms with Crippen LogP contribution in [0.1, 0.15) is 21.5 Å². The van der Waals surface area contributed by atoms with E-state index in [1.54, 1.807) is 49.6 Å². The number of esters is 1. The van der Waals surface area contributed by atoms with Gasteiger partial charge in [0.25, 0.3) is 5.91 Å². The fourth-order valence-corrected chi connectivity index (χ4v) is 2.52. The van der Waals surface area contributed by atoms with E-state index >= 15 is 0 Å². The highest BCUT2D eigenvalue weighted by molar-refractivity contribution is 5.95. The number of benzene rings is 3. The van der Waals surface area contributed by atoms with E-state index < -0.39 is 17.7 Å². The molecule has 3 aromatic carbocycles. The van der Waals surface area contributed by atoms with E-state index in [4.69, 9.17) is 9.47 Å². The maximum atomic E-state index is 12.9. The van der Waals surface area contributed by atoms with Crippen LogP contribution in [0.15, 0.2) is 84.0 Å². The molecule has 1 amide bonds. The van der Waals surface area contributed by atoms with Crippen molar-refractivity contribution in [1.82, 2.24) is 5.43 Å². The Labute approximate surface area is 178 Å². The molecule has 3 rings (SSSR count). The van der Waals surface area contributed by atoms with Crippen LogP contribution in [0.3, 0.4) is 0 Å². The van der Waals surface area contributed by atoms with Crippen molar-refractivity contribution in [2.24, 2.45) is 5.10 Å². The lowest BCUT2D eigenvalue weighted by Gasteiger charge is -2.03. The summed E-state index contributed by atoms with van der Waals surface area (Å²) in [5.41, 5.74) is 4.08. The number of hydrogen-bond donors (Lipinski definition) is 1. The molecule has 31 heavy (non-hydrogen) atoms. The first-order valence-electron chi connectivity index (χ1n) is 9.26. The molecule has 0 unspecified atom stereocenters. The highest BCUT2D eigenvalue weighted by Gasteiger charge is 2.04. The van der Waals surface area contributed by atoms with Gasteiger partial charge >= 0.3 is 5.97 Å². The summed E-state index contributed by atoms with van der Waals surface area (Å²) in [5.74, 6) is -0.368. The molecule has 0 aliphatic heterocycles. The molecule has 0 bridgehead atoms. The van der Waals surface area contributed by atoms with Crippen molar-refractivity contribution in [2.45, 2.75) is 0 Å². The zero-order valence-corrected chi connectivity index (χ0v) is 16.6. The highest BCUT2D eigenvalue weighted by atomic mass is 19.1. The highest BCUT2D eigenvalue weighted by Crippen LogP contribution is 2.14. The molecule has 0 saturated carbocycles. The standard InChI is InChI=1S/C24H19FN2O4/c1-30-21-12-5-17(6-13-21)7-14-23(28)31-22-4-2-3-18(15-22)16-26-27-24(29)19-8-10-20(25)11-9-19/h2-16H,1H3,(H,27,29)/b14-7-,26-16?. The zero-order chi connectivity index (χ0) is 22.1. The van der Waals surface area contributed by atoms with Crippen LogP contribution in [0.2, 0.25) is 0 Å². The first-order valence-corrected chi connectivity index (χ1v) is 9.26. The first-order chi connectivity index (χ1) is 15.0. The van der Waals surface area contributed by atoms with Gasteiger partial charge < -0.3 is 9.47 Å². The summed E-state index contributed by atoms with van der Waals surface area (Å²) in [6, 6.07) is 19.0. The molecule has 0 aliphatic rings. The fraction of sp³-hybridized carbons (Fsp3) is 0.0417. The molecule has 0 aliphatic carbocycles. The minimum Gasteiger partial charge on any atom is -0.497 e. The molecular formula is C24H19FN2O4. The maximum absolute atomic E-state index is 12.9. The Morgan fingerprint density at radius 3 is 2.39 bits per heavy atom. The average Bonchev–Trinajstić information content (AvgIpc) is 2.78. The molecule has 0 spiro atoms. The van der Waals surface area contributed by atoms with Crippen LogP contribution in [0, 0.1) is 5.82 Å². The van der Waals surface area contributed by atoms with Crippen LogP contribution in [0.5, 0.6) is 11.5 Å². The molecule has 7 heteroatoms. The van der Waals surface area contributed by atoms with Crippen molar-refractivity contribution in [2.75, 3.05) is 7.11 Å². The van der Waals surface area contributed by atoms with Crippen LogP contribution in [0.4, 0.5) is 4.39 Å². The predicted octanol–water partition coefficient (Wildman–Crippen LogP) is 4.22. The van der Waals surface area contributed by atoms with E-state index in [2.05, 4.69) is 10.5 Å². The van der Waals surface area contributed by atoms with Gasteiger partial charge in [-0.05, 0) is 65.7 Å². The molecule has 0 saturated heterocycles. The Morgan fingerprint density at radius 1 is 0.935 bits per heavy atom. The number of rotatable bonds is 7. The minimum absolute atomic E-state index is 0.282. The van der Waals surface area contributed by atoms with Crippen molar-refractivity contribution in [3.63, 3.8) is 0 Å². The van der Waals surface area contributed by atoms with E-state index in [-0.39, 0.29) is 5.56 Å². The van der Waals surface area contributed by atoms with Crippen molar-refractivity contribution in [3.8, 4) is 11.5 Å². The molecule has 0 fully saturated rings. The van der Waals surface area contributed by atoms with Crippen LogP contribution in [0.25, 0.3) is 6.08 Å². The predicted molar refractivity (Wildman–Crippen MR) is 116 cm³/mol. The van der Waals surface area contributed by atoms with Crippen molar-refractivity contribution in [1.29, 1.82) is 0 Å². The number of amides is 1. The summed E-state index contributed by atoms with van der Waals surface area (Å²) in [6.45, 7) is 0. The molecular weight excluding hydrogens is 399 g/mol. The number of nitrogens with one attached hydrogen (secondary N) is 1. The monoisotopic (exact) mass is 418 g/mol. The van der Waals surface area contributed by atoms with Gasteiger partial charge in [0.1, 0.15) is 17.3 Å². The minimum atomic E-state index is -0.533. The topological polar surface area (TPSA) is 77.0 Å². The van der Waals surface area contributed by atoms with Gasteiger partial charge in [-0.2, -0.15) is 5.10 Å². The second-order valence-electron chi connectivity index (χ2n) is 6.31. The van der Waals surface area contributed by atoms with Crippen molar-refractivity contribution >= 4 is 24.2 Å². The van der Waals surface area contributed by atoms with Gasteiger partial charge in [0.2, 0.25) is 0 Å². The summed E-state index contributed by atoms with van der Waals surface area (Å²) in [7, 11) is 1.58. The normalized spacial score (nSPS) is 10.9. The van der Waals surface area contributed by atoms with Gasteiger partial charge in [-0.25, -0.2) is 14.6 Å². The smallest absolute Gasteiger partial charge is 0.336 e. The first kappa shape index (κ1) is 21.4. The molecule has 0 atom stereocenters. The number of carbonyl (C=O) groups excluding carboxylic acids is 2. The van der Waals surface area contributed by atoms with E-state index in [9.17, 15) is 14.0 Å². The second kappa shape index (κ2) is 10.5. The number of hydrogen-bond acceptors (Lipinski definition) is 5. The Hall–Kier alpha value is -4.26. The van der Waals surface area contributed by atoms with E-state index in [1.807, 2.05) is 12.1 Å². The third-order valence-electron chi connectivity index (χ3n) is 4.09. The van der Waals surface area contributed by atoms with Crippen LogP contribution in [-0.2, 0) is 4.79 Å². The summed E-state index contributed by atoms with van der Waals surface area (Å²) in [5, 5.41) is 3.87. The number of hydrazone groups is 1. The van der Waals surface area contributed by atoms with Gasteiger partial charge in [0.05, 0.1) is 13.3 Å². The summed E-state index contributed by atoms with van der Waals surface area (Å²) < 4.78 is 23.3. The molecule has 0 aromatic heterocycles. The number of methoxy groups -OCH3 is 1. The Kier molecular flexibility index (Phi) is 7.26. The van der Waals surface area contributed by atoms with E-state index in [0.29, 0.717) is 11.3 Å². The number of carbonyl (C=O) groups is 2. The second-order valence-corrected chi connectivity index (χ2v) is 6.31. The Morgan fingerprint density at radius 2 is 1.68 bits per heavy atom. The number of halogens is 1. The molecule has 3 aromatic rings. The lowest BCUT2D eigenvalue weighted by atomic mass is 10.2. The summed E-state index contributed by atoms with van der Waals surface area (Å²) >= 11 is 0. The molecule has 0 heterocycles. The largest absolute Gasteiger partial charge is 0.497 e. The number of nitrogens with zero attached hydrogens (tertiary/aromatic N) is 1. The van der Waals surface area contributed by atoms with Gasteiger partial charge in [0.15, 0.2) is 0 Å². The van der Waals surface area contributed by atoms with Crippen LogP contribution >= 0.6 is 0 Å². The maximum Gasteiger partial charge on any atom is 0.336 e. The SMILES string of the molecule is COc1ccc(/C=C\C(=O)Oc2cccc(C=NNC(=O)c3ccc(F)cc3)c2)cc1. The Balaban J connectivity index is 1.55. The zero-order valence-electron chi connectivity index (χ0n) is 16.6. The van der Waals surface area contributed by atoms with Gasteiger partial charge in [-0.3, -0.25) is 4.79 Å². The molecule has 6 nitrogen and oxygen atoms in total. The van der Waals surface area contributed by atoms with E-state index in [1.165, 1.54) is 36.6 Å². The quantitative estimate of drug-likeness (QED) is 0.205. The summed E-state index contributed by atoms with van der Waals surface area (Å²) in [4.78, 5) is 24.0. The Bertz CT molecular complexity index is 1110. The summed E-state index contributed by atoms with van der Waals surface area (Å²) in [6.07, 6.45) is 4.37. The van der Waals surface area contributed by atoms with Gasteiger partial charge in [0, 0.05) is 11.6 Å². The van der Waals surface area contributed by atoms with Crippen molar-refractivity contribution < 1.29 is 23.5 Å². The molecule has 1 N–H and O–H groups in total. The lowest BCUT2D eigenvalue weighted by molar-refractivity contribution is -0.128. The number of ether oxygens (including phenoxy) is 2. The van der Waals surface area contributed by atoms with Gasteiger partial charge in [-0.1, -0.05) is 24.3 Å². The third-order valence-corrected chi connectivity index (χ3v) is 4.09. The average molecular weight is 418 g/mol. The molecule has 0 radical (unpaired) electrons. The third kappa shape index (κ3) is 6.64. The molecule has 156 valence electrons. The van der Waals surface area contributed by atoms with Crippen molar-refractivity contribution in [3.05, 3.63) is 101 Å². The van der Waals surface area contributed by atoms with Gasteiger partial charge in [-0.15, -0.1) is 0 Å². The van der Waals surface area contributed by atoms with E-state index in [0.717, 1.165) is 11.3 Å².